The molecule has 2 amide bonds. The second-order valence-corrected chi connectivity index (χ2v) is 10.2. The summed E-state index contributed by atoms with van der Waals surface area (Å²) < 4.78 is 1.81. The Morgan fingerprint density at radius 3 is 2.50 bits per heavy atom. The molecular weight excluding hydrogens is 505 g/mol. The highest BCUT2D eigenvalue weighted by Gasteiger charge is 2.28. The van der Waals surface area contributed by atoms with Gasteiger partial charge in [-0.1, -0.05) is 37.0 Å². The maximum Gasteiger partial charge on any atom is 0.245 e. The summed E-state index contributed by atoms with van der Waals surface area (Å²) in [6.07, 6.45) is 2.00. The Kier molecular flexibility index (Phi) is 9.08. The van der Waals surface area contributed by atoms with Crippen LogP contribution in [0.1, 0.15) is 44.7 Å². The van der Waals surface area contributed by atoms with Crippen molar-refractivity contribution in [2.75, 3.05) is 19.6 Å². The molecule has 1 atom stereocenters. The largest absolute Gasteiger partial charge is 0.506 e. The van der Waals surface area contributed by atoms with Crippen LogP contribution in [-0.2, 0) is 16.6 Å². The smallest absolute Gasteiger partial charge is 0.245 e. The number of piperidine rings is 1. The van der Waals surface area contributed by atoms with Crippen LogP contribution < -0.4 is 16.8 Å². The highest BCUT2D eigenvalue weighted by Crippen LogP contribution is 2.39. The fourth-order valence-electron chi connectivity index (χ4n) is 4.39. The number of hydrogen-bond donors (Lipinski definition) is 4. The lowest BCUT2D eigenvalue weighted by Gasteiger charge is -2.32. The van der Waals surface area contributed by atoms with Crippen molar-refractivity contribution >= 4 is 41.0 Å². The van der Waals surface area contributed by atoms with Gasteiger partial charge in [0.2, 0.25) is 11.8 Å². The van der Waals surface area contributed by atoms with E-state index in [1.165, 1.54) is 6.07 Å². The molecule has 1 aromatic heterocycles. The number of aliphatic imine (C=N–C) groups is 1. The Morgan fingerprint density at radius 2 is 1.89 bits per heavy atom. The Morgan fingerprint density at radius 1 is 1.22 bits per heavy atom. The standard InChI is InChI=1S/C24H33Cl2N7O3/c1-13(2)10-17(30-24(27)28)23(36)29-12-20(35)33-8-6-14(7-9-33)18-11-16(31-32(18)3)15-4-5-19(34)22(26)21(15)25/h4-5,11,13-14,17,34H,6-10,12H2,1-3H3,(H,29,36)(H4,27,28,30)/t17-/m1/s1. The van der Waals surface area contributed by atoms with Crippen molar-refractivity contribution in [1.29, 1.82) is 0 Å². The number of benzene rings is 1. The van der Waals surface area contributed by atoms with Gasteiger partial charge in [0.25, 0.3) is 0 Å². The van der Waals surface area contributed by atoms with Gasteiger partial charge in [-0.3, -0.25) is 14.3 Å². The van der Waals surface area contributed by atoms with Crippen LogP contribution >= 0.6 is 23.2 Å². The molecule has 0 spiro atoms. The number of phenolic OH excluding ortho intramolecular Hbond substituents is 1. The van der Waals surface area contributed by atoms with E-state index in [4.69, 9.17) is 34.7 Å². The first-order chi connectivity index (χ1) is 17.0. The summed E-state index contributed by atoms with van der Waals surface area (Å²) in [6.45, 7) is 4.97. The summed E-state index contributed by atoms with van der Waals surface area (Å²) in [7, 11) is 1.87. The lowest BCUT2D eigenvalue weighted by molar-refractivity contribution is -0.134. The van der Waals surface area contributed by atoms with Gasteiger partial charge in [-0.05, 0) is 43.4 Å². The Balaban J connectivity index is 1.58. The minimum absolute atomic E-state index is 0.0820. The van der Waals surface area contributed by atoms with Crippen LogP contribution in [0.25, 0.3) is 11.3 Å². The normalized spacial score (nSPS) is 15.1. The summed E-state index contributed by atoms with van der Waals surface area (Å²) in [6, 6.07) is 4.42. The second kappa shape index (κ2) is 11.8. The van der Waals surface area contributed by atoms with Crippen molar-refractivity contribution in [2.24, 2.45) is 29.4 Å². The van der Waals surface area contributed by atoms with Crippen LogP contribution in [0, 0.1) is 5.92 Å². The van der Waals surface area contributed by atoms with Crippen molar-refractivity contribution in [1.82, 2.24) is 20.0 Å². The number of likely N-dealkylation sites (tertiary alicyclic amines) is 1. The van der Waals surface area contributed by atoms with Crippen molar-refractivity contribution in [3.05, 3.63) is 33.9 Å². The zero-order chi connectivity index (χ0) is 26.6. The number of phenols is 1. The number of guanidine groups is 1. The average Bonchev–Trinajstić information content (AvgIpc) is 3.21. The molecule has 0 bridgehead atoms. The fraction of sp³-hybridized carbons (Fsp3) is 0.500. The van der Waals surface area contributed by atoms with E-state index >= 15 is 0 Å². The lowest BCUT2D eigenvalue weighted by atomic mass is 9.92. The van der Waals surface area contributed by atoms with Crippen LogP contribution in [0.15, 0.2) is 23.2 Å². The van der Waals surface area contributed by atoms with Gasteiger partial charge in [-0.25, -0.2) is 4.99 Å². The number of rotatable bonds is 8. The molecule has 10 nitrogen and oxygen atoms in total. The van der Waals surface area contributed by atoms with Gasteiger partial charge in [0.1, 0.15) is 16.8 Å². The SMILES string of the molecule is CC(C)C[C@@H](N=C(N)N)C(=O)NCC(=O)N1CCC(c2cc(-c3ccc(O)c(Cl)c3Cl)nn2C)CC1. The third-order valence-electron chi connectivity index (χ3n) is 6.24. The minimum atomic E-state index is -0.718. The quantitative estimate of drug-likeness (QED) is 0.300. The van der Waals surface area contributed by atoms with Gasteiger partial charge < -0.3 is 26.8 Å². The maximum atomic E-state index is 12.7. The summed E-state index contributed by atoms with van der Waals surface area (Å²) in [4.78, 5) is 31.0. The van der Waals surface area contributed by atoms with Crippen molar-refractivity contribution in [3.63, 3.8) is 0 Å². The highest BCUT2D eigenvalue weighted by atomic mass is 35.5. The molecule has 1 aliphatic rings. The molecule has 196 valence electrons. The number of nitrogens with one attached hydrogen (secondary N) is 1. The Bertz CT molecular complexity index is 1140. The fourth-order valence-corrected chi connectivity index (χ4v) is 4.82. The maximum absolute atomic E-state index is 12.7. The summed E-state index contributed by atoms with van der Waals surface area (Å²) in [5.41, 5.74) is 13.2. The van der Waals surface area contributed by atoms with E-state index in [0.717, 1.165) is 18.5 Å². The monoisotopic (exact) mass is 537 g/mol. The van der Waals surface area contributed by atoms with E-state index in [-0.39, 0.29) is 51.9 Å². The second-order valence-electron chi connectivity index (χ2n) is 9.41. The number of carbonyl (C=O) groups is 2. The molecule has 1 saturated heterocycles. The molecule has 1 fully saturated rings. The number of halogens is 2. The van der Waals surface area contributed by atoms with Gasteiger partial charge in [0, 0.05) is 37.3 Å². The zero-order valence-electron chi connectivity index (χ0n) is 20.7. The number of nitrogens with zero attached hydrogens (tertiary/aromatic N) is 4. The predicted molar refractivity (Wildman–Crippen MR) is 141 cm³/mol. The van der Waals surface area contributed by atoms with Gasteiger partial charge >= 0.3 is 0 Å². The van der Waals surface area contributed by atoms with Crippen LogP contribution in [0.4, 0.5) is 0 Å². The van der Waals surface area contributed by atoms with Gasteiger partial charge in [0.15, 0.2) is 5.96 Å². The molecule has 12 heteroatoms. The minimum Gasteiger partial charge on any atom is -0.506 e. The third-order valence-corrected chi connectivity index (χ3v) is 7.11. The predicted octanol–water partition coefficient (Wildman–Crippen LogP) is 2.61. The molecule has 1 aromatic carbocycles. The lowest BCUT2D eigenvalue weighted by Crippen LogP contribution is -2.46. The van der Waals surface area contributed by atoms with E-state index in [9.17, 15) is 14.7 Å². The van der Waals surface area contributed by atoms with Crippen LogP contribution in [0.5, 0.6) is 5.75 Å². The Hall–Kier alpha value is -2.98. The van der Waals surface area contributed by atoms with Gasteiger partial charge in [-0.15, -0.1) is 0 Å². The molecule has 1 aliphatic heterocycles. The number of aromatic nitrogens is 2. The number of carbonyl (C=O) groups excluding carboxylic acids is 2. The summed E-state index contributed by atoms with van der Waals surface area (Å²) >= 11 is 12.4. The van der Waals surface area contributed by atoms with E-state index < -0.39 is 6.04 Å². The molecule has 0 aliphatic carbocycles. The van der Waals surface area contributed by atoms with E-state index in [0.29, 0.717) is 30.8 Å². The summed E-state index contributed by atoms with van der Waals surface area (Å²) in [5, 5.41) is 17.4. The Labute approximate surface area is 220 Å². The average molecular weight is 538 g/mol. The number of hydrogen-bond acceptors (Lipinski definition) is 5. The number of aryl methyl sites for hydroxylation is 1. The molecule has 6 N–H and O–H groups in total. The van der Waals surface area contributed by atoms with E-state index in [1.54, 1.807) is 11.0 Å². The first-order valence-corrected chi connectivity index (χ1v) is 12.6. The van der Waals surface area contributed by atoms with Crippen molar-refractivity contribution in [2.45, 2.75) is 45.1 Å². The third kappa shape index (κ3) is 6.61. The topological polar surface area (TPSA) is 152 Å². The van der Waals surface area contributed by atoms with Gasteiger partial charge in [-0.2, -0.15) is 5.10 Å². The van der Waals surface area contributed by atoms with Crippen molar-refractivity contribution < 1.29 is 14.7 Å². The van der Waals surface area contributed by atoms with Crippen LogP contribution in [0.3, 0.4) is 0 Å². The van der Waals surface area contributed by atoms with Crippen LogP contribution in [-0.4, -0.2) is 63.2 Å². The molecule has 2 aromatic rings. The number of nitrogens with two attached hydrogens (primary N) is 2. The van der Waals surface area contributed by atoms with Gasteiger partial charge in [0.05, 0.1) is 17.3 Å². The highest BCUT2D eigenvalue weighted by molar-refractivity contribution is 6.44. The first kappa shape index (κ1) is 27.6. The number of amides is 2. The number of aromatic hydroxyl groups is 1. The zero-order valence-corrected chi connectivity index (χ0v) is 22.2. The van der Waals surface area contributed by atoms with Crippen molar-refractivity contribution in [3.8, 4) is 17.0 Å². The van der Waals surface area contributed by atoms with E-state index in [2.05, 4.69) is 15.4 Å². The molecule has 36 heavy (non-hydrogen) atoms. The molecule has 3 rings (SSSR count). The molecule has 0 unspecified atom stereocenters. The van der Waals surface area contributed by atoms with Crippen LogP contribution in [0.2, 0.25) is 10.0 Å². The molecular formula is C24H33Cl2N7O3. The molecule has 2 heterocycles. The molecule has 0 saturated carbocycles. The molecule has 0 radical (unpaired) electrons. The first-order valence-electron chi connectivity index (χ1n) is 11.8. The summed E-state index contributed by atoms with van der Waals surface area (Å²) in [5.74, 6) is -0.326. The van der Waals surface area contributed by atoms with E-state index in [1.807, 2.05) is 31.6 Å².